The summed E-state index contributed by atoms with van der Waals surface area (Å²) in [7, 11) is -2.18. The standard InChI is InChI=1S/C23H24N2O3S2/c1-16-5-14-22(17(2)15-16)24-23(26)18-6-8-19(9-7-18)25(3)30(27,28)21-12-10-20(29-4)11-13-21/h5-15H,1-4H3,(H,24,26). The summed E-state index contributed by atoms with van der Waals surface area (Å²) in [6.45, 7) is 3.94. The van der Waals surface area contributed by atoms with Crippen LogP contribution in [-0.4, -0.2) is 27.6 Å². The fourth-order valence-electron chi connectivity index (χ4n) is 3.02. The van der Waals surface area contributed by atoms with Crippen molar-refractivity contribution < 1.29 is 13.2 Å². The Bertz CT molecular complexity index is 1160. The second-order valence-electron chi connectivity index (χ2n) is 6.97. The van der Waals surface area contributed by atoms with Gasteiger partial charge in [0.15, 0.2) is 0 Å². The highest BCUT2D eigenvalue weighted by Crippen LogP contribution is 2.25. The Morgan fingerprint density at radius 1 is 0.933 bits per heavy atom. The maximum absolute atomic E-state index is 12.9. The van der Waals surface area contributed by atoms with Gasteiger partial charge in [-0.1, -0.05) is 17.7 Å². The third-order valence-electron chi connectivity index (χ3n) is 4.84. The predicted octanol–water partition coefficient (Wildman–Crippen LogP) is 5.10. The zero-order valence-electron chi connectivity index (χ0n) is 17.3. The Morgan fingerprint density at radius 3 is 2.13 bits per heavy atom. The van der Waals surface area contributed by atoms with E-state index in [9.17, 15) is 13.2 Å². The number of amides is 1. The average molecular weight is 441 g/mol. The van der Waals surface area contributed by atoms with Crippen molar-refractivity contribution in [3.05, 3.63) is 83.4 Å². The molecule has 0 bridgehead atoms. The van der Waals surface area contributed by atoms with Gasteiger partial charge in [0, 0.05) is 23.2 Å². The molecule has 156 valence electrons. The van der Waals surface area contributed by atoms with Crippen molar-refractivity contribution in [3.8, 4) is 0 Å². The zero-order valence-corrected chi connectivity index (χ0v) is 19.0. The van der Waals surface area contributed by atoms with Crippen molar-refractivity contribution in [1.29, 1.82) is 0 Å². The first-order valence-corrected chi connectivity index (χ1v) is 12.0. The van der Waals surface area contributed by atoms with Crippen molar-refractivity contribution in [1.82, 2.24) is 0 Å². The Balaban J connectivity index is 1.77. The number of aryl methyl sites for hydroxylation is 2. The predicted molar refractivity (Wildman–Crippen MR) is 124 cm³/mol. The molecule has 1 N–H and O–H groups in total. The minimum absolute atomic E-state index is 0.222. The molecule has 0 radical (unpaired) electrons. The lowest BCUT2D eigenvalue weighted by Crippen LogP contribution is -2.26. The number of anilines is 2. The Labute approximate surface area is 182 Å². The van der Waals surface area contributed by atoms with Crippen LogP contribution in [0.2, 0.25) is 0 Å². The largest absolute Gasteiger partial charge is 0.322 e. The molecule has 3 rings (SSSR count). The molecule has 7 heteroatoms. The van der Waals surface area contributed by atoms with Crippen LogP contribution in [0, 0.1) is 13.8 Å². The van der Waals surface area contributed by atoms with Gasteiger partial charge >= 0.3 is 0 Å². The fourth-order valence-corrected chi connectivity index (χ4v) is 4.62. The molecule has 1 amide bonds. The van der Waals surface area contributed by atoms with Gasteiger partial charge in [0.25, 0.3) is 15.9 Å². The minimum atomic E-state index is -3.68. The van der Waals surface area contributed by atoms with Crippen molar-refractivity contribution >= 4 is 39.1 Å². The average Bonchev–Trinajstić information content (AvgIpc) is 2.75. The molecular formula is C23H24N2O3S2. The Morgan fingerprint density at radius 2 is 1.57 bits per heavy atom. The van der Waals surface area contributed by atoms with E-state index in [0.717, 1.165) is 21.7 Å². The van der Waals surface area contributed by atoms with E-state index in [0.29, 0.717) is 11.3 Å². The van der Waals surface area contributed by atoms with Crippen molar-refractivity contribution in [2.45, 2.75) is 23.6 Å². The lowest BCUT2D eigenvalue weighted by molar-refractivity contribution is 0.102. The van der Waals surface area contributed by atoms with Gasteiger partial charge in [-0.3, -0.25) is 9.10 Å². The summed E-state index contributed by atoms with van der Waals surface area (Å²) in [6.07, 6.45) is 1.94. The summed E-state index contributed by atoms with van der Waals surface area (Å²) >= 11 is 1.55. The van der Waals surface area contributed by atoms with Gasteiger partial charge in [-0.15, -0.1) is 11.8 Å². The van der Waals surface area contributed by atoms with Gasteiger partial charge in [-0.25, -0.2) is 8.42 Å². The van der Waals surface area contributed by atoms with Crippen LogP contribution >= 0.6 is 11.8 Å². The van der Waals surface area contributed by atoms with Crippen molar-refractivity contribution in [2.75, 3.05) is 22.9 Å². The van der Waals surface area contributed by atoms with Crippen molar-refractivity contribution in [2.24, 2.45) is 0 Å². The molecule has 0 spiro atoms. The van der Waals surface area contributed by atoms with Gasteiger partial charge in [-0.2, -0.15) is 0 Å². The normalized spacial score (nSPS) is 11.2. The second-order valence-corrected chi connectivity index (χ2v) is 9.82. The quantitative estimate of drug-likeness (QED) is 0.542. The summed E-state index contributed by atoms with van der Waals surface area (Å²) < 4.78 is 27.0. The number of carbonyl (C=O) groups is 1. The van der Waals surface area contributed by atoms with Gasteiger partial charge in [0.1, 0.15) is 0 Å². The van der Waals surface area contributed by atoms with Crippen LogP contribution in [0.1, 0.15) is 21.5 Å². The summed E-state index contributed by atoms with van der Waals surface area (Å²) in [6, 6.07) is 19.1. The number of nitrogens with one attached hydrogen (secondary N) is 1. The first-order valence-electron chi connectivity index (χ1n) is 9.34. The van der Waals surface area contributed by atoms with Crippen LogP contribution < -0.4 is 9.62 Å². The number of rotatable bonds is 6. The van der Waals surface area contributed by atoms with Crippen molar-refractivity contribution in [3.63, 3.8) is 0 Å². The highest BCUT2D eigenvalue weighted by atomic mass is 32.2. The molecule has 0 aliphatic heterocycles. The first kappa shape index (κ1) is 21.9. The SMILES string of the molecule is CSc1ccc(S(=O)(=O)N(C)c2ccc(C(=O)Nc3ccc(C)cc3C)cc2)cc1. The summed E-state index contributed by atoms with van der Waals surface area (Å²) in [5.41, 5.74) is 3.80. The van der Waals surface area contributed by atoms with Gasteiger partial charge in [0.2, 0.25) is 0 Å². The smallest absolute Gasteiger partial charge is 0.264 e. The zero-order chi connectivity index (χ0) is 21.9. The van der Waals surface area contributed by atoms with Crippen LogP contribution in [-0.2, 0) is 10.0 Å². The molecule has 0 saturated heterocycles. The van der Waals surface area contributed by atoms with Gasteiger partial charge in [0.05, 0.1) is 10.6 Å². The van der Waals surface area contributed by atoms with E-state index in [1.165, 1.54) is 11.4 Å². The number of carbonyl (C=O) groups excluding carboxylic acids is 1. The van der Waals surface area contributed by atoms with E-state index < -0.39 is 10.0 Å². The van der Waals surface area contributed by atoms with E-state index in [-0.39, 0.29) is 10.8 Å². The maximum atomic E-state index is 12.9. The third-order valence-corrected chi connectivity index (χ3v) is 7.38. The molecule has 30 heavy (non-hydrogen) atoms. The molecule has 3 aromatic rings. The highest BCUT2D eigenvalue weighted by molar-refractivity contribution is 7.98. The highest BCUT2D eigenvalue weighted by Gasteiger charge is 2.21. The van der Waals surface area contributed by atoms with Crippen LogP contribution in [0.5, 0.6) is 0 Å². The number of sulfonamides is 1. The minimum Gasteiger partial charge on any atom is -0.322 e. The molecule has 0 aromatic heterocycles. The lowest BCUT2D eigenvalue weighted by atomic mass is 10.1. The molecule has 0 saturated carbocycles. The maximum Gasteiger partial charge on any atom is 0.264 e. The van der Waals surface area contributed by atoms with E-state index in [1.54, 1.807) is 60.3 Å². The first-order chi connectivity index (χ1) is 14.2. The Kier molecular flexibility index (Phi) is 6.53. The van der Waals surface area contributed by atoms with Crippen LogP contribution in [0.15, 0.2) is 76.5 Å². The molecule has 0 fully saturated rings. The third kappa shape index (κ3) is 4.68. The summed E-state index contributed by atoms with van der Waals surface area (Å²) in [5.74, 6) is -0.244. The molecular weight excluding hydrogens is 416 g/mol. The van der Waals surface area contributed by atoms with E-state index in [1.807, 2.05) is 38.3 Å². The number of nitrogens with zero attached hydrogens (tertiary/aromatic N) is 1. The Hall–Kier alpha value is -2.77. The molecule has 0 aliphatic carbocycles. The molecule has 3 aromatic carbocycles. The monoisotopic (exact) mass is 440 g/mol. The fraction of sp³-hybridized carbons (Fsp3) is 0.174. The number of benzene rings is 3. The van der Waals surface area contributed by atoms with E-state index >= 15 is 0 Å². The van der Waals surface area contributed by atoms with Gasteiger partial charge < -0.3 is 5.32 Å². The second kappa shape index (κ2) is 8.93. The molecule has 0 unspecified atom stereocenters. The van der Waals surface area contributed by atoms with Crippen LogP contribution in [0.3, 0.4) is 0 Å². The summed E-state index contributed by atoms with van der Waals surface area (Å²) in [4.78, 5) is 13.8. The number of hydrogen-bond donors (Lipinski definition) is 1. The number of thioether (sulfide) groups is 1. The number of hydrogen-bond acceptors (Lipinski definition) is 4. The van der Waals surface area contributed by atoms with Crippen LogP contribution in [0.25, 0.3) is 0 Å². The summed E-state index contributed by atoms with van der Waals surface area (Å²) in [5, 5.41) is 2.90. The van der Waals surface area contributed by atoms with E-state index in [4.69, 9.17) is 0 Å². The topological polar surface area (TPSA) is 66.5 Å². The van der Waals surface area contributed by atoms with E-state index in [2.05, 4.69) is 5.32 Å². The van der Waals surface area contributed by atoms with Gasteiger partial charge in [-0.05, 0) is 80.3 Å². The molecule has 0 atom stereocenters. The molecule has 0 aliphatic rings. The molecule has 0 heterocycles. The van der Waals surface area contributed by atoms with Crippen LogP contribution in [0.4, 0.5) is 11.4 Å². The molecule has 5 nitrogen and oxygen atoms in total. The lowest BCUT2D eigenvalue weighted by Gasteiger charge is -2.20.